The fourth-order valence-electron chi connectivity index (χ4n) is 4.57. The number of nitrogens with one attached hydrogen (secondary N) is 1. The van der Waals surface area contributed by atoms with Gasteiger partial charge in [-0.05, 0) is 43.9 Å². The molecule has 0 aromatic heterocycles. The fourth-order valence-corrected chi connectivity index (χ4v) is 5.88. The molecule has 7 nitrogen and oxygen atoms in total. The first-order chi connectivity index (χ1) is 17.0. The number of halogens is 2. The molecule has 196 valence electrons. The molecular formula is C26H33Cl2N3O4S. The lowest BCUT2D eigenvalue weighted by molar-refractivity contribution is -0.140. The van der Waals surface area contributed by atoms with Gasteiger partial charge in [-0.15, -0.1) is 0 Å². The topological polar surface area (TPSA) is 86.8 Å². The zero-order valence-corrected chi connectivity index (χ0v) is 23.2. The molecule has 0 saturated heterocycles. The van der Waals surface area contributed by atoms with E-state index in [2.05, 4.69) is 5.32 Å². The Labute approximate surface area is 223 Å². The molecule has 1 N–H and O–H groups in total. The summed E-state index contributed by atoms with van der Waals surface area (Å²) in [6, 6.07) is 11.6. The minimum atomic E-state index is -3.89. The number of carbonyl (C=O) groups excluding carboxylic acids is 2. The molecule has 0 spiro atoms. The second-order valence-corrected chi connectivity index (χ2v) is 12.0. The Bertz CT molecular complexity index is 1200. The van der Waals surface area contributed by atoms with Crippen molar-refractivity contribution in [1.82, 2.24) is 10.2 Å². The second kappa shape index (κ2) is 12.3. The number of hydrogen-bond donors (Lipinski definition) is 1. The van der Waals surface area contributed by atoms with E-state index in [-0.39, 0.29) is 34.2 Å². The summed E-state index contributed by atoms with van der Waals surface area (Å²) in [5.74, 6) is -0.733. The number of nitrogens with zero attached hydrogens (tertiary/aromatic N) is 2. The summed E-state index contributed by atoms with van der Waals surface area (Å²) in [7, 11) is -3.89. The summed E-state index contributed by atoms with van der Waals surface area (Å²) in [5, 5.41) is 3.30. The number of amides is 2. The van der Waals surface area contributed by atoms with Gasteiger partial charge >= 0.3 is 0 Å². The SMILES string of the molecule is CC[C@@H](C(=O)NC1CCCC1)N(Cc1cccc(C)c1)C(=O)CN(c1cccc(Cl)c1Cl)S(C)(=O)=O. The number of aryl methyl sites for hydroxylation is 1. The average molecular weight is 555 g/mol. The van der Waals surface area contributed by atoms with E-state index in [9.17, 15) is 18.0 Å². The van der Waals surface area contributed by atoms with E-state index < -0.39 is 28.5 Å². The molecule has 1 aliphatic carbocycles. The predicted molar refractivity (Wildman–Crippen MR) is 145 cm³/mol. The van der Waals surface area contributed by atoms with Crippen molar-refractivity contribution in [3.63, 3.8) is 0 Å². The molecular weight excluding hydrogens is 521 g/mol. The van der Waals surface area contributed by atoms with Crippen LogP contribution in [0.1, 0.15) is 50.2 Å². The molecule has 0 aliphatic heterocycles. The Morgan fingerprint density at radius 2 is 1.78 bits per heavy atom. The van der Waals surface area contributed by atoms with Crippen LogP contribution in [0, 0.1) is 6.92 Å². The van der Waals surface area contributed by atoms with Crippen molar-refractivity contribution >= 4 is 50.7 Å². The summed E-state index contributed by atoms with van der Waals surface area (Å²) >= 11 is 12.4. The van der Waals surface area contributed by atoms with Crippen molar-refractivity contribution in [2.45, 2.75) is 64.6 Å². The molecule has 1 atom stereocenters. The second-order valence-electron chi connectivity index (χ2n) is 9.27. The maximum Gasteiger partial charge on any atom is 0.244 e. The molecule has 2 amide bonds. The third-order valence-corrected chi connectivity index (χ3v) is 8.34. The summed E-state index contributed by atoms with van der Waals surface area (Å²) in [5.41, 5.74) is 1.98. The maximum absolute atomic E-state index is 13.8. The Hall–Kier alpha value is -2.29. The molecule has 0 radical (unpaired) electrons. The van der Waals surface area contributed by atoms with E-state index in [4.69, 9.17) is 23.2 Å². The van der Waals surface area contributed by atoms with Gasteiger partial charge in [0.25, 0.3) is 0 Å². The van der Waals surface area contributed by atoms with Crippen LogP contribution in [0.4, 0.5) is 5.69 Å². The molecule has 2 aromatic rings. The standard InChI is InChI=1S/C26H33Cl2N3O4S/c1-4-22(26(33)29-20-11-5-6-12-20)30(16-19-10-7-9-18(2)15-19)24(32)17-31(36(3,34)35)23-14-8-13-21(27)25(23)28/h7-10,13-15,20,22H,4-6,11-12,16-17H2,1-3H3,(H,29,33)/t22-/m0/s1. The first-order valence-electron chi connectivity index (χ1n) is 12.1. The van der Waals surface area contributed by atoms with Gasteiger partial charge in [0.15, 0.2) is 0 Å². The molecule has 1 aliphatic rings. The van der Waals surface area contributed by atoms with Crippen LogP contribution in [0.3, 0.4) is 0 Å². The maximum atomic E-state index is 13.8. The molecule has 36 heavy (non-hydrogen) atoms. The number of anilines is 1. The van der Waals surface area contributed by atoms with Crippen LogP contribution in [0.5, 0.6) is 0 Å². The van der Waals surface area contributed by atoms with E-state index in [1.165, 1.54) is 11.0 Å². The van der Waals surface area contributed by atoms with Crippen molar-refractivity contribution in [3.05, 3.63) is 63.6 Å². The molecule has 0 unspecified atom stereocenters. The van der Waals surface area contributed by atoms with Crippen molar-refractivity contribution in [2.75, 3.05) is 17.1 Å². The molecule has 1 fully saturated rings. The monoisotopic (exact) mass is 553 g/mol. The van der Waals surface area contributed by atoms with Gasteiger partial charge in [-0.25, -0.2) is 8.42 Å². The third kappa shape index (κ3) is 7.14. The number of hydrogen-bond acceptors (Lipinski definition) is 4. The zero-order valence-electron chi connectivity index (χ0n) is 20.8. The lowest BCUT2D eigenvalue weighted by atomic mass is 10.1. The van der Waals surface area contributed by atoms with Crippen LogP contribution < -0.4 is 9.62 Å². The lowest BCUT2D eigenvalue weighted by Crippen LogP contribution is -2.53. The highest BCUT2D eigenvalue weighted by Crippen LogP contribution is 2.34. The van der Waals surface area contributed by atoms with Gasteiger partial charge in [0, 0.05) is 12.6 Å². The molecule has 2 aromatic carbocycles. The minimum Gasteiger partial charge on any atom is -0.352 e. The van der Waals surface area contributed by atoms with Crippen molar-refractivity contribution in [1.29, 1.82) is 0 Å². The van der Waals surface area contributed by atoms with Gasteiger partial charge in [0.1, 0.15) is 12.6 Å². The smallest absolute Gasteiger partial charge is 0.244 e. The Morgan fingerprint density at radius 1 is 1.11 bits per heavy atom. The third-order valence-electron chi connectivity index (χ3n) is 6.40. The normalized spacial score (nSPS) is 14.9. The van der Waals surface area contributed by atoms with Crippen molar-refractivity contribution < 1.29 is 18.0 Å². The van der Waals surface area contributed by atoms with Crippen LogP contribution in [0.25, 0.3) is 0 Å². The molecule has 10 heteroatoms. The van der Waals surface area contributed by atoms with Gasteiger partial charge in [0.05, 0.1) is 22.0 Å². The quantitative estimate of drug-likeness (QED) is 0.451. The van der Waals surface area contributed by atoms with E-state index in [0.29, 0.717) is 6.42 Å². The van der Waals surface area contributed by atoms with Crippen LogP contribution in [0.2, 0.25) is 10.0 Å². The van der Waals surface area contributed by atoms with Crippen LogP contribution >= 0.6 is 23.2 Å². The van der Waals surface area contributed by atoms with Gasteiger partial charge in [-0.3, -0.25) is 13.9 Å². The predicted octanol–water partition coefficient (Wildman–Crippen LogP) is 4.93. The van der Waals surface area contributed by atoms with Gasteiger partial charge < -0.3 is 10.2 Å². The Kier molecular flexibility index (Phi) is 9.66. The summed E-state index contributed by atoms with van der Waals surface area (Å²) < 4.78 is 26.4. The summed E-state index contributed by atoms with van der Waals surface area (Å²) in [6.07, 6.45) is 5.36. The molecule has 0 bridgehead atoms. The molecule has 3 rings (SSSR count). The van der Waals surface area contributed by atoms with E-state index >= 15 is 0 Å². The largest absolute Gasteiger partial charge is 0.352 e. The Morgan fingerprint density at radius 3 is 2.39 bits per heavy atom. The van der Waals surface area contributed by atoms with Crippen LogP contribution in [-0.2, 0) is 26.2 Å². The average Bonchev–Trinajstić information content (AvgIpc) is 3.31. The van der Waals surface area contributed by atoms with Crippen molar-refractivity contribution in [3.8, 4) is 0 Å². The highest BCUT2D eigenvalue weighted by atomic mass is 35.5. The number of carbonyl (C=O) groups is 2. The fraction of sp³-hybridized carbons (Fsp3) is 0.462. The lowest BCUT2D eigenvalue weighted by Gasteiger charge is -2.33. The van der Waals surface area contributed by atoms with E-state index in [1.807, 2.05) is 38.1 Å². The highest BCUT2D eigenvalue weighted by Gasteiger charge is 2.33. The number of benzene rings is 2. The van der Waals surface area contributed by atoms with Gasteiger partial charge in [0.2, 0.25) is 21.8 Å². The van der Waals surface area contributed by atoms with Gasteiger partial charge in [-0.2, -0.15) is 0 Å². The van der Waals surface area contributed by atoms with E-state index in [0.717, 1.165) is 47.4 Å². The number of rotatable bonds is 10. The summed E-state index contributed by atoms with van der Waals surface area (Å²) in [4.78, 5) is 28.5. The number of sulfonamides is 1. The van der Waals surface area contributed by atoms with Crippen LogP contribution in [0.15, 0.2) is 42.5 Å². The zero-order chi connectivity index (χ0) is 26.5. The highest BCUT2D eigenvalue weighted by molar-refractivity contribution is 7.92. The molecule has 0 heterocycles. The van der Waals surface area contributed by atoms with Crippen LogP contribution in [-0.4, -0.2) is 50.0 Å². The minimum absolute atomic E-state index is 0.0358. The first-order valence-corrected chi connectivity index (χ1v) is 14.7. The Balaban J connectivity index is 1.95. The van der Waals surface area contributed by atoms with Gasteiger partial charge in [-0.1, -0.05) is 78.9 Å². The van der Waals surface area contributed by atoms with Crippen molar-refractivity contribution in [2.24, 2.45) is 0 Å². The first kappa shape index (κ1) is 28.3. The van der Waals surface area contributed by atoms with E-state index in [1.54, 1.807) is 12.1 Å². The molecule has 1 saturated carbocycles. The summed E-state index contributed by atoms with van der Waals surface area (Å²) in [6.45, 7) is 3.44.